The quantitative estimate of drug-likeness (QED) is 0.0477. The highest BCUT2D eigenvalue weighted by atomic mass is 16.6. The molecule has 7 heteroatoms. The number of benzene rings is 4. The lowest BCUT2D eigenvalue weighted by molar-refractivity contribution is -0.277. The second-order valence-electron chi connectivity index (χ2n) is 15.5. The van der Waals surface area contributed by atoms with Gasteiger partial charge in [-0.1, -0.05) is 205 Å². The third-order valence-electron chi connectivity index (χ3n) is 10.9. The average molecular weight is 779 g/mol. The minimum absolute atomic E-state index is 0.230. The summed E-state index contributed by atoms with van der Waals surface area (Å²) < 4.78 is 33.0. The van der Waals surface area contributed by atoms with Gasteiger partial charge in [0.05, 0.1) is 26.4 Å². The molecule has 6 atom stereocenters. The Hall–Kier alpha value is -3.85. The predicted molar refractivity (Wildman–Crippen MR) is 226 cm³/mol. The molecule has 308 valence electrons. The molecule has 0 bridgehead atoms. The van der Waals surface area contributed by atoms with Crippen molar-refractivity contribution in [1.82, 2.24) is 0 Å². The van der Waals surface area contributed by atoms with Crippen molar-refractivity contribution >= 4 is 5.97 Å². The zero-order valence-electron chi connectivity index (χ0n) is 34.1. The molecule has 0 amide bonds. The fourth-order valence-corrected chi connectivity index (χ4v) is 7.60. The van der Waals surface area contributed by atoms with Gasteiger partial charge in [-0.05, 0) is 28.7 Å². The number of ether oxygens (including phenoxy) is 5. The van der Waals surface area contributed by atoms with Gasteiger partial charge in [0.25, 0.3) is 0 Å². The molecule has 1 saturated carbocycles. The lowest BCUT2D eigenvalue weighted by atomic mass is 9.83. The van der Waals surface area contributed by atoms with E-state index in [1.807, 2.05) is 121 Å². The first-order valence-electron chi connectivity index (χ1n) is 21.6. The van der Waals surface area contributed by atoms with Crippen LogP contribution in [0.4, 0.5) is 0 Å². The van der Waals surface area contributed by atoms with Gasteiger partial charge in [-0.3, -0.25) is 4.79 Å². The lowest BCUT2D eigenvalue weighted by Gasteiger charge is -2.48. The molecule has 7 nitrogen and oxygen atoms in total. The van der Waals surface area contributed by atoms with E-state index in [1.165, 1.54) is 64.2 Å². The number of hydrogen-bond acceptors (Lipinski definition) is 7. The van der Waals surface area contributed by atoms with Crippen LogP contribution in [0.15, 0.2) is 121 Å². The van der Waals surface area contributed by atoms with Gasteiger partial charge in [-0.2, -0.15) is 0 Å². The van der Waals surface area contributed by atoms with E-state index < -0.39 is 36.6 Å². The molecule has 0 aliphatic heterocycles. The molecule has 0 heterocycles. The second kappa shape index (κ2) is 26.2. The Morgan fingerprint density at radius 1 is 0.421 bits per heavy atom. The Balaban J connectivity index is 1.29. The zero-order chi connectivity index (χ0) is 39.8. The Labute approximate surface area is 342 Å². The van der Waals surface area contributed by atoms with Gasteiger partial charge in [-0.25, -0.2) is 0 Å². The van der Waals surface area contributed by atoms with Crippen molar-refractivity contribution in [3.8, 4) is 0 Å². The van der Waals surface area contributed by atoms with Crippen molar-refractivity contribution < 1.29 is 33.6 Å². The van der Waals surface area contributed by atoms with Crippen molar-refractivity contribution in [2.24, 2.45) is 0 Å². The molecule has 4 aromatic carbocycles. The molecule has 0 spiro atoms. The molecule has 1 fully saturated rings. The average Bonchev–Trinajstić information content (AvgIpc) is 3.25. The predicted octanol–water partition coefficient (Wildman–Crippen LogP) is 11.1. The SMILES string of the molecule is CCCCCCCCCCCCCCCC(=O)O[C@H]1[C@@H](O)[C@@H](OCc2ccccc2)[C@H](OCc2ccccc2)[C@@H](OCc2ccccc2)[C@@H]1OCc1ccccc1. The zero-order valence-corrected chi connectivity index (χ0v) is 34.1. The van der Waals surface area contributed by atoms with Gasteiger partial charge in [-0.15, -0.1) is 0 Å². The van der Waals surface area contributed by atoms with Crippen LogP contribution in [-0.4, -0.2) is 47.7 Å². The van der Waals surface area contributed by atoms with Crippen LogP contribution in [0.25, 0.3) is 0 Å². The van der Waals surface area contributed by atoms with E-state index in [0.717, 1.165) is 41.5 Å². The maximum absolute atomic E-state index is 13.6. The van der Waals surface area contributed by atoms with Crippen LogP contribution in [0.2, 0.25) is 0 Å². The molecule has 57 heavy (non-hydrogen) atoms. The summed E-state index contributed by atoms with van der Waals surface area (Å²) in [5, 5.41) is 12.3. The summed E-state index contributed by atoms with van der Waals surface area (Å²) >= 11 is 0. The monoisotopic (exact) mass is 778 g/mol. The molecule has 0 radical (unpaired) electrons. The summed E-state index contributed by atoms with van der Waals surface area (Å²) in [6, 6.07) is 39.6. The Kier molecular flexibility index (Phi) is 20.4. The van der Waals surface area contributed by atoms with Crippen LogP contribution in [0.5, 0.6) is 0 Å². The smallest absolute Gasteiger partial charge is 0.306 e. The van der Waals surface area contributed by atoms with Crippen molar-refractivity contribution in [3.63, 3.8) is 0 Å². The number of aliphatic hydroxyl groups excluding tert-OH is 1. The van der Waals surface area contributed by atoms with Gasteiger partial charge in [0, 0.05) is 6.42 Å². The number of unbranched alkanes of at least 4 members (excludes halogenated alkanes) is 12. The first-order valence-corrected chi connectivity index (χ1v) is 21.6. The molecule has 0 unspecified atom stereocenters. The van der Waals surface area contributed by atoms with Gasteiger partial charge >= 0.3 is 5.97 Å². The third-order valence-corrected chi connectivity index (χ3v) is 10.9. The molecule has 1 aliphatic rings. The van der Waals surface area contributed by atoms with Gasteiger partial charge in [0.2, 0.25) is 0 Å². The summed E-state index contributed by atoms with van der Waals surface area (Å²) in [4.78, 5) is 13.6. The molecule has 4 aromatic rings. The molecule has 1 aliphatic carbocycles. The maximum atomic E-state index is 13.6. The first-order chi connectivity index (χ1) is 28.1. The van der Waals surface area contributed by atoms with Crippen molar-refractivity contribution in [3.05, 3.63) is 144 Å². The van der Waals surface area contributed by atoms with E-state index >= 15 is 0 Å². The molecule has 1 N–H and O–H groups in total. The highest BCUT2D eigenvalue weighted by Gasteiger charge is 2.55. The highest BCUT2D eigenvalue weighted by molar-refractivity contribution is 5.69. The standard InChI is InChI=1S/C50H66O7/c1-2-3-4-5-6-7-8-9-10-11-12-13-26-35-44(51)57-47-45(52)46(53-36-40-27-18-14-19-28-40)48(54-37-41-29-20-15-21-30-41)50(56-39-43-33-24-17-25-34-43)49(47)55-38-42-31-22-16-23-32-42/h14-25,27-34,45-50,52H,2-13,26,35-39H2,1H3/t45-,46+,47-,48-,49+,50+/m0/s1. The van der Waals surface area contributed by atoms with Crippen LogP contribution in [0, 0.1) is 0 Å². The lowest BCUT2D eigenvalue weighted by Crippen LogP contribution is -2.67. The fraction of sp³-hybridized carbons (Fsp3) is 0.500. The molecular weight excluding hydrogens is 713 g/mol. The number of esters is 1. The molecular formula is C50H66O7. The number of aliphatic hydroxyl groups is 1. The molecule has 5 rings (SSSR count). The van der Waals surface area contributed by atoms with E-state index in [9.17, 15) is 9.90 Å². The van der Waals surface area contributed by atoms with E-state index in [1.54, 1.807) is 0 Å². The Morgan fingerprint density at radius 2 is 0.719 bits per heavy atom. The fourth-order valence-electron chi connectivity index (χ4n) is 7.60. The largest absolute Gasteiger partial charge is 0.457 e. The Morgan fingerprint density at radius 3 is 1.09 bits per heavy atom. The first kappa shape index (κ1) is 44.3. The number of carbonyl (C=O) groups is 1. The van der Waals surface area contributed by atoms with Crippen LogP contribution in [0.1, 0.15) is 119 Å². The van der Waals surface area contributed by atoms with Crippen molar-refractivity contribution in [1.29, 1.82) is 0 Å². The number of carbonyl (C=O) groups excluding carboxylic acids is 1. The number of rotatable bonds is 27. The summed E-state index contributed by atoms with van der Waals surface area (Å²) in [5.74, 6) is -0.359. The number of hydrogen-bond donors (Lipinski definition) is 1. The van der Waals surface area contributed by atoms with E-state index in [0.29, 0.717) is 0 Å². The van der Waals surface area contributed by atoms with Crippen LogP contribution < -0.4 is 0 Å². The maximum Gasteiger partial charge on any atom is 0.306 e. The van der Waals surface area contributed by atoms with Crippen LogP contribution in [-0.2, 0) is 54.9 Å². The normalized spacial score (nSPS) is 20.7. The van der Waals surface area contributed by atoms with Crippen LogP contribution >= 0.6 is 0 Å². The minimum Gasteiger partial charge on any atom is -0.457 e. The van der Waals surface area contributed by atoms with Crippen LogP contribution in [0.3, 0.4) is 0 Å². The van der Waals surface area contributed by atoms with E-state index in [-0.39, 0.29) is 38.8 Å². The van der Waals surface area contributed by atoms with E-state index in [4.69, 9.17) is 23.7 Å². The molecule has 0 saturated heterocycles. The third kappa shape index (κ3) is 15.8. The summed E-state index contributed by atoms with van der Waals surface area (Å²) in [6.07, 6.45) is 10.7. The summed E-state index contributed by atoms with van der Waals surface area (Å²) in [5.41, 5.74) is 3.86. The van der Waals surface area contributed by atoms with Gasteiger partial charge in [0.1, 0.15) is 30.5 Å². The van der Waals surface area contributed by atoms with E-state index in [2.05, 4.69) is 6.92 Å². The van der Waals surface area contributed by atoms with Gasteiger partial charge in [0.15, 0.2) is 6.10 Å². The highest BCUT2D eigenvalue weighted by Crippen LogP contribution is 2.35. The van der Waals surface area contributed by atoms with Crippen molar-refractivity contribution in [2.45, 2.75) is 160 Å². The topological polar surface area (TPSA) is 83.5 Å². The summed E-state index contributed by atoms with van der Waals surface area (Å²) in [7, 11) is 0. The Bertz CT molecular complexity index is 1600. The second-order valence-corrected chi connectivity index (χ2v) is 15.5. The minimum atomic E-state index is -1.25. The van der Waals surface area contributed by atoms with Gasteiger partial charge < -0.3 is 28.8 Å². The molecule has 0 aromatic heterocycles. The van der Waals surface area contributed by atoms with Crippen molar-refractivity contribution in [2.75, 3.05) is 0 Å². The summed E-state index contributed by atoms with van der Waals surface area (Å²) in [6.45, 7) is 3.26.